The molecular weight excluding hydrogens is 380 g/mol. The van der Waals surface area contributed by atoms with Gasteiger partial charge in [0.05, 0.1) is 12.1 Å². The lowest BCUT2D eigenvalue weighted by Gasteiger charge is -2.35. The molecule has 0 spiro atoms. The Morgan fingerprint density at radius 3 is 2.43 bits per heavy atom. The minimum atomic E-state index is -0.0520. The van der Waals surface area contributed by atoms with Gasteiger partial charge in [0.15, 0.2) is 5.78 Å². The fraction of sp³-hybridized carbons (Fsp3) is 0.522. The monoisotopic (exact) mass is 412 g/mol. The first-order valence-corrected chi connectivity index (χ1v) is 10.6. The highest BCUT2D eigenvalue weighted by atomic mass is 16.3. The Balaban J connectivity index is 1.48. The van der Waals surface area contributed by atoms with E-state index >= 15 is 0 Å². The second kappa shape index (κ2) is 9.89. The maximum Gasteiger partial charge on any atom is 0.319 e. The molecule has 0 bridgehead atoms. The average molecular weight is 413 g/mol. The average Bonchev–Trinajstić information content (AvgIpc) is 2.73. The highest BCUT2D eigenvalue weighted by molar-refractivity contribution is 6.14. The standard InChI is InChI=1S/C23H32N4O3/c1-17-4-6-18(7-5-17)19-14-21(28)20(22(29)15-19)16-24-8-9-26-10-12-27(13-11-26)23(30)25(2)3/h4-7,16,19,28H,8-15H2,1-3H3. The molecule has 1 N–H and O–H groups in total. The lowest BCUT2D eigenvalue weighted by molar-refractivity contribution is -0.116. The van der Waals surface area contributed by atoms with Gasteiger partial charge in [0, 0.05) is 65.9 Å². The van der Waals surface area contributed by atoms with Crippen LogP contribution in [0.4, 0.5) is 4.79 Å². The number of ketones is 1. The maximum absolute atomic E-state index is 12.5. The highest BCUT2D eigenvalue weighted by Crippen LogP contribution is 2.33. The fourth-order valence-corrected chi connectivity index (χ4v) is 3.93. The Kier molecular flexibility index (Phi) is 7.26. The normalized spacial score (nSPS) is 20.8. The summed E-state index contributed by atoms with van der Waals surface area (Å²) in [5.41, 5.74) is 2.61. The molecule has 3 rings (SSSR count). The van der Waals surface area contributed by atoms with Crippen molar-refractivity contribution < 1.29 is 14.7 Å². The summed E-state index contributed by atoms with van der Waals surface area (Å²) in [5, 5.41) is 10.4. The molecule has 2 amide bonds. The second-order valence-electron chi connectivity index (χ2n) is 8.34. The van der Waals surface area contributed by atoms with Crippen LogP contribution < -0.4 is 0 Å². The van der Waals surface area contributed by atoms with Crippen LogP contribution in [-0.4, -0.2) is 91.2 Å². The van der Waals surface area contributed by atoms with Crippen molar-refractivity contribution in [2.24, 2.45) is 4.99 Å². The van der Waals surface area contributed by atoms with E-state index in [1.54, 1.807) is 19.0 Å². The topological polar surface area (TPSA) is 76.5 Å². The zero-order chi connectivity index (χ0) is 21.7. The molecule has 1 heterocycles. The summed E-state index contributed by atoms with van der Waals surface area (Å²) in [4.78, 5) is 34.6. The van der Waals surface area contributed by atoms with Gasteiger partial charge >= 0.3 is 6.03 Å². The zero-order valence-electron chi connectivity index (χ0n) is 18.2. The number of amides is 2. The molecule has 7 nitrogen and oxygen atoms in total. The van der Waals surface area contributed by atoms with Crippen molar-refractivity contribution in [2.45, 2.75) is 25.7 Å². The van der Waals surface area contributed by atoms with Crippen LogP contribution in [0.15, 0.2) is 40.6 Å². The number of aliphatic imine (C=N–C) groups is 1. The van der Waals surface area contributed by atoms with Crippen LogP contribution in [0.25, 0.3) is 0 Å². The van der Waals surface area contributed by atoms with Crippen molar-refractivity contribution in [2.75, 3.05) is 53.4 Å². The summed E-state index contributed by atoms with van der Waals surface area (Å²) < 4.78 is 0. The van der Waals surface area contributed by atoms with Gasteiger partial charge in [-0.15, -0.1) is 0 Å². The van der Waals surface area contributed by atoms with E-state index < -0.39 is 0 Å². The van der Waals surface area contributed by atoms with Crippen molar-refractivity contribution in [3.05, 3.63) is 46.7 Å². The summed E-state index contributed by atoms with van der Waals surface area (Å²) in [6.45, 7) is 6.43. The van der Waals surface area contributed by atoms with Crippen LogP contribution in [-0.2, 0) is 4.79 Å². The molecule has 30 heavy (non-hydrogen) atoms. The van der Waals surface area contributed by atoms with Gasteiger partial charge in [-0.2, -0.15) is 0 Å². The van der Waals surface area contributed by atoms with Crippen LogP contribution >= 0.6 is 0 Å². The van der Waals surface area contributed by atoms with Crippen molar-refractivity contribution in [3.8, 4) is 0 Å². The number of aliphatic hydroxyl groups is 1. The third-order valence-electron chi connectivity index (χ3n) is 5.82. The van der Waals surface area contributed by atoms with Gasteiger partial charge in [-0.1, -0.05) is 29.8 Å². The Hall–Kier alpha value is -2.67. The predicted octanol–water partition coefficient (Wildman–Crippen LogP) is 2.62. The van der Waals surface area contributed by atoms with E-state index in [0.717, 1.165) is 25.2 Å². The Bertz CT molecular complexity index is 821. The van der Waals surface area contributed by atoms with E-state index in [9.17, 15) is 14.7 Å². The van der Waals surface area contributed by atoms with Crippen molar-refractivity contribution in [1.82, 2.24) is 14.7 Å². The SMILES string of the molecule is Cc1ccc(C2CC(=O)C(C=NCCN3CCN(C(=O)N(C)C)CC3)=C(O)C2)cc1. The third kappa shape index (κ3) is 5.48. The minimum Gasteiger partial charge on any atom is -0.511 e. The van der Waals surface area contributed by atoms with Gasteiger partial charge < -0.3 is 14.9 Å². The first-order valence-electron chi connectivity index (χ1n) is 10.6. The van der Waals surface area contributed by atoms with Gasteiger partial charge in [0.25, 0.3) is 0 Å². The van der Waals surface area contributed by atoms with Gasteiger partial charge in [-0.25, -0.2) is 4.79 Å². The number of carbonyl (C=O) groups excluding carboxylic acids is 2. The van der Waals surface area contributed by atoms with Crippen LogP contribution in [0, 0.1) is 6.92 Å². The first-order chi connectivity index (χ1) is 14.3. The first kappa shape index (κ1) is 22.0. The quantitative estimate of drug-likeness (QED) is 0.755. The molecule has 1 aromatic rings. The zero-order valence-corrected chi connectivity index (χ0v) is 18.2. The summed E-state index contributed by atoms with van der Waals surface area (Å²) in [6.07, 6.45) is 2.41. The van der Waals surface area contributed by atoms with Gasteiger partial charge in [0.1, 0.15) is 5.76 Å². The number of hydrogen-bond donors (Lipinski definition) is 1. The van der Waals surface area contributed by atoms with Crippen LogP contribution in [0.1, 0.15) is 29.9 Å². The molecule has 1 aliphatic carbocycles. The largest absolute Gasteiger partial charge is 0.511 e. The van der Waals surface area contributed by atoms with Crippen LogP contribution in [0.2, 0.25) is 0 Å². The van der Waals surface area contributed by atoms with Crippen molar-refractivity contribution in [1.29, 1.82) is 0 Å². The molecule has 1 saturated heterocycles. The number of carbonyl (C=O) groups is 2. The molecule has 1 unspecified atom stereocenters. The van der Waals surface area contributed by atoms with E-state index in [-0.39, 0.29) is 23.5 Å². The maximum atomic E-state index is 12.5. The number of benzene rings is 1. The number of urea groups is 1. The Labute approximate surface area is 178 Å². The van der Waals surface area contributed by atoms with E-state index in [2.05, 4.69) is 9.89 Å². The van der Waals surface area contributed by atoms with E-state index in [1.807, 2.05) is 36.1 Å². The molecule has 2 aliphatic rings. The van der Waals surface area contributed by atoms with E-state index in [1.165, 1.54) is 11.8 Å². The molecular formula is C23H32N4O3. The number of Topliss-reactive ketones (excluding diaryl/α,β-unsaturated/α-hetero) is 1. The number of aliphatic hydroxyl groups excluding tert-OH is 1. The third-order valence-corrected chi connectivity index (χ3v) is 5.82. The smallest absolute Gasteiger partial charge is 0.319 e. The highest BCUT2D eigenvalue weighted by Gasteiger charge is 2.27. The molecule has 1 fully saturated rings. The lowest BCUT2D eigenvalue weighted by atomic mass is 9.83. The summed E-state index contributed by atoms with van der Waals surface area (Å²) >= 11 is 0. The Morgan fingerprint density at radius 2 is 1.83 bits per heavy atom. The number of nitrogens with zero attached hydrogens (tertiary/aromatic N) is 4. The summed E-state index contributed by atoms with van der Waals surface area (Å²) in [6, 6.07) is 8.19. The second-order valence-corrected chi connectivity index (χ2v) is 8.34. The lowest BCUT2D eigenvalue weighted by Crippen LogP contribution is -2.51. The fourth-order valence-electron chi connectivity index (χ4n) is 3.93. The van der Waals surface area contributed by atoms with E-state index in [4.69, 9.17) is 0 Å². The number of piperazine rings is 1. The summed E-state index contributed by atoms with van der Waals surface area (Å²) in [5.74, 6) is 0.108. The molecule has 7 heteroatoms. The van der Waals surface area contributed by atoms with Crippen molar-refractivity contribution in [3.63, 3.8) is 0 Å². The van der Waals surface area contributed by atoms with Crippen LogP contribution in [0.5, 0.6) is 0 Å². The molecule has 0 aromatic heterocycles. The van der Waals surface area contributed by atoms with Gasteiger partial charge in [-0.05, 0) is 18.4 Å². The molecule has 1 atom stereocenters. The summed E-state index contributed by atoms with van der Waals surface area (Å²) in [7, 11) is 3.53. The number of allylic oxidation sites excluding steroid dienone is 2. The molecule has 1 aliphatic heterocycles. The Morgan fingerprint density at radius 1 is 1.17 bits per heavy atom. The molecule has 1 aromatic carbocycles. The minimum absolute atomic E-state index is 0.0245. The van der Waals surface area contributed by atoms with E-state index in [0.29, 0.717) is 38.0 Å². The van der Waals surface area contributed by atoms with Gasteiger partial charge in [0.2, 0.25) is 0 Å². The number of hydrogen-bond acceptors (Lipinski definition) is 5. The van der Waals surface area contributed by atoms with Gasteiger partial charge in [-0.3, -0.25) is 14.7 Å². The van der Waals surface area contributed by atoms with Crippen LogP contribution in [0.3, 0.4) is 0 Å². The molecule has 0 radical (unpaired) electrons. The molecule has 0 saturated carbocycles. The van der Waals surface area contributed by atoms with Crippen molar-refractivity contribution >= 4 is 18.0 Å². The molecule has 162 valence electrons. The predicted molar refractivity (Wildman–Crippen MR) is 118 cm³/mol. The number of aryl methyl sites for hydroxylation is 1. The number of rotatable bonds is 5.